The third-order valence-electron chi connectivity index (χ3n) is 5.22. The van der Waals surface area contributed by atoms with Crippen molar-refractivity contribution in [3.63, 3.8) is 0 Å². The summed E-state index contributed by atoms with van der Waals surface area (Å²) in [6.07, 6.45) is 3.97. The largest absolute Gasteiger partial charge is 0.256 e. The van der Waals surface area contributed by atoms with Gasteiger partial charge in [0.05, 0.1) is 11.4 Å². The highest BCUT2D eigenvalue weighted by Gasteiger charge is 2.09. The predicted octanol–water partition coefficient (Wildman–Crippen LogP) is 8.05. The van der Waals surface area contributed by atoms with Gasteiger partial charge in [-0.2, -0.15) is 0 Å². The van der Waals surface area contributed by atoms with Gasteiger partial charge in [0, 0.05) is 56.0 Å². The number of hydrogen-bond donors (Lipinski definition) is 0. The number of aliphatic imine (C=N–C) groups is 2. The molecule has 0 amide bonds. The van der Waals surface area contributed by atoms with Gasteiger partial charge in [-0.05, 0) is 24.3 Å². The first kappa shape index (κ1) is 20.8. The van der Waals surface area contributed by atoms with Crippen molar-refractivity contribution in [3.8, 4) is 11.1 Å². The first-order chi connectivity index (χ1) is 15.9. The van der Waals surface area contributed by atoms with Crippen LogP contribution in [0, 0.1) is 0 Å². The minimum atomic E-state index is 0.943. The maximum Gasteiger partial charge on any atom is 0.0709 e. The van der Waals surface area contributed by atoms with E-state index in [0.717, 1.165) is 45.1 Å². The molecule has 0 radical (unpaired) electrons. The normalized spacial score (nSPS) is 13.5. The summed E-state index contributed by atoms with van der Waals surface area (Å²) >= 11 is 3.76. The van der Waals surface area contributed by atoms with E-state index in [0.29, 0.717) is 0 Å². The highest BCUT2D eigenvalue weighted by molar-refractivity contribution is 8.03. The average Bonchev–Trinajstić information content (AvgIpc) is 2.85. The summed E-state index contributed by atoms with van der Waals surface area (Å²) in [7, 11) is 0. The van der Waals surface area contributed by atoms with Gasteiger partial charge in [-0.1, -0.05) is 72.8 Å². The molecule has 0 spiro atoms. The number of fused-ring (bicyclic) bond motifs is 5. The van der Waals surface area contributed by atoms with Crippen LogP contribution in [-0.4, -0.2) is 23.9 Å². The molecule has 0 atom stereocenters. The van der Waals surface area contributed by atoms with Crippen molar-refractivity contribution >= 4 is 47.3 Å². The summed E-state index contributed by atoms with van der Waals surface area (Å²) in [5.74, 6) is 2.06. The van der Waals surface area contributed by atoms with E-state index in [9.17, 15) is 0 Å². The van der Waals surface area contributed by atoms with Crippen molar-refractivity contribution in [1.29, 1.82) is 0 Å². The first-order valence-electron chi connectivity index (χ1n) is 10.6. The molecule has 1 aliphatic rings. The topological polar surface area (TPSA) is 24.7 Å². The molecule has 0 aliphatic carbocycles. The smallest absolute Gasteiger partial charge is 0.0709 e. The lowest BCUT2D eigenvalue weighted by Gasteiger charge is -2.11. The Labute approximate surface area is 197 Å². The Morgan fingerprint density at radius 1 is 0.469 bits per heavy atom. The van der Waals surface area contributed by atoms with Gasteiger partial charge in [0.15, 0.2) is 0 Å². The molecule has 2 nitrogen and oxygen atoms in total. The zero-order valence-electron chi connectivity index (χ0n) is 17.5. The Morgan fingerprint density at radius 3 is 1.38 bits per heavy atom. The predicted molar refractivity (Wildman–Crippen MR) is 141 cm³/mol. The summed E-state index contributed by atoms with van der Waals surface area (Å²) < 4.78 is 0. The van der Waals surface area contributed by atoms with E-state index in [1.165, 1.54) is 9.79 Å². The van der Waals surface area contributed by atoms with Crippen LogP contribution in [0.2, 0.25) is 0 Å². The fourth-order valence-electron chi connectivity index (χ4n) is 3.65. The molecule has 5 rings (SSSR count). The highest BCUT2D eigenvalue weighted by atomic mass is 32.2. The molecule has 32 heavy (non-hydrogen) atoms. The fourth-order valence-corrected chi connectivity index (χ4v) is 5.68. The molecule has 156 valence electrons. The standard InChI is InChI=1S/C28H22N2S2/c1-7-15-27-21(9-1)19-29-25-13-5-3-11-23(25)24-12-4-6-14-26(24)30-20-22-10-2-8-16-28(22)32-18-17-31-27/h1-16,19-20H,17-18H2. The lowest BCUT2D eigenvalue weighted by Crippen LogP contribution is -1.92. The second kappa shape index (κ2) is 10.0. The molecule has 4 aromatic carbocycles. The van der Waals surface area contributed by atoms with Crippen LogP contribution in [0.4, 0.5) is 11.4 Å². The van der Waals surface area contributed by atoms with E-state index in [1.807, 2.05) is 48.1 Å². The molecule has 0 fully saturated rings. The van der Waals surface area contributed by atoms with Crippen molar-refractivity contribution in [2.24, 2.45) is 9.98 Å². The molecule has 0 unspecified atom stereocenters. The maximum atomic E-state index is 4.90. The second-order valence-electron chi connectivity index (χ2n) is 7.32. The summed E-state index contributed by atoms with van der Waals surface area (Å²) in [4.78, 5) is 12.3. The van der Waals surface area contributed by atoms with E-state index >= 15 is 0 Å². The number of benzene rings is 4. The Balaban J connectivity index is 1.66. The van der Waals surface area contributed by atoms with Crippen LogP contribution >= 0.6 is 23.5 Å². The number of para-hydroxylation sites is 2. The quantitative estimate of drug-likeness (QED) is 0.271. The van der Waals surface area contributed by atoms with Crippen LogP contribution in [-0.2, 0) is 0 Å². The van der Waals surface area contributed by atoms with Gasteiger partial charge in [-0.15, -0.1) is 23.5 Å². The SMILES string of the molecule is C1=Nc2ccccc2-c2ccccc2N=Cc2ccccc2SCCSc2ccccc21. The van der Waals surface area contributed by atoms with Crippen LogP contribution in [0.1, 0.15) is 11.1 Å². The zero-order valence-corrected chi connectivity index (χ0v) is 19.2. The maximum absolute atomic E-state index is 4.90. The van der Waals surface area contributed by atoms with Crippen LogP contribution in [0.5, 0.6) is 0 Å². The molecule has 1 aliphatic heterocycles. The zero-order chi connectivity index (χ0) is 21.6. The number of hydrogen-bond acceptors (Lipinski definition) is 4. The lowest BCUT2D eigenvalue weighted by atomic mass is 10.0. The second-order valence-corrected chi connectivity index (χ2v) is 9.60. The minimum Gasteiger partial charge on any atom is -0.256 e. The van der Waals surface area contributed by atoms with Gasteiger partial charge in [0.2, 0.25) is 0 Å². The summed E-state index contributed by atoms with van der Waals surface area (Å²) in [6.45, 7) is 0. The third-order valence-corrected chi connectivity index (χ3v) is 7.66. The van der Waals surface area contributed by atoms with Crippen LogP contribution in [0.25, 0.3) is 11.1 Å². The minimum absolute atomic E-state index is 0.943. The molecular formula is C28H22N2S2. The summed E-state index contributed by atoms with van der Waals surface area (Å²) in [6, 6.07) is 33.5. The van der Waals surface area contributed by atoms with E-state index in [4.69, 9.17) is 9.98 Å². The molecule has 4 aromatic rings. The highest BCUT2D eigenvalue weighted by Crippen LogP contribution is 2.37. The lowest BCUT2D eigenvalue weighted by molar-refractivity contribution is 1.38. The van der Waals surface area contributed by atoms with E-state index in [2.05, 4.69) is 84.9 Å². The summed E-state index contributed by atoms with van der Waals surface area (Å²) in [5.41, 5.74) is 6.34. The molecule has 0 saturated heterocycles. The van der Waals surface area contributed by atoms with E-state index < -0.39 is 0 Å². The van der Waals surface area contributed by atoms with Gasteiger partial charge in [-0.3, -0.25) is 9.98 Å². The van der Waals surface area contributed by atoms with Crippen LogP contribution in [0.3, 0.4) is 0 Å². The van der Waals surface area contributed by atoms with Gasteiger partial charge in [0.25, 0.3) is 0 Å². The van der Waals surface area contributed by atoms with Crippen LogP contribution < -0.4 is 0 Å². The van der Waals surface area contributed by atoms with Gasteiger partial charge >= 0.3 is 0 Å². The Kier molecular flexibility index (Phi) is 6.52. The van der Waals surface area contributed by atoms with Crippen molar-refractivity contribution in [1.82, 2.24) is 0 Å². The number of nitrogens with zero attached hydrogens (tertiary/aromatic N) is 2. The van der Waals surface area contributed by atoms with Gasteiger partial charge in [0.1, 0.15) is 0 Å². The monoisotopic (exact) mass is 450 g/mol. The molecule has 1 heterocycles. The molecule has 0 bridgehead atoms. The Morgan fingerprint density at radius 2 is 0.875 bits per heavy atom. The van der Waals surface area contributed by atoms with Crippen molar-refractivity contribution in [2.45, 2.75) is 9.79 Å². The Bertz CT molecular complexity index is 1190. The third kappa shape index (κ3) is 4.72. The number of thioether (sulfide) groups is 2. The van der Waals surface area contributed by atoms with E-state index in [-0.39, 0.29) is 0 Å². The van der Waals surface area contributed by atoms with Crippen molar-refractivity contribution < 1.29 is 0 Å². The van der Waals surface area contributed by atoms with Crippen molar-refractivity contribution in [3.05, 3.63) is 108 Å². The molecular weight excluding hydrogens is 428 g/mol. The molecule has 0 N–H and O–H groups in total. The molecule has 0 aromatic heterocycles. The van der Waals surface area contributed by atoms with Crippen molar-refractivity contribution in [2.75, 3.05) is 11.5 Å². The number of rotatable bonds is 0. The van der Waals surface area contributed by atoms with Gasteiger partial charge in [-0.25, -0.2) is 0 Å². The Hall–Kier alpha value is -3.08. The first-order valence-corrected chi connectivity index (χ1v) is 12.6. The average molecular weight is 451 g/mol. The molecule has 0 saturated carbocycles. The van der Waals surface area contributed by atoms with Crippen LogP contribution in [0.15, 0.2) is 117 Å². The van der Waals surface area contributed by atoms with E-state index in [1.54, 1.807) is 0 Å². The molecule has 4 heteroatoms. The summed E-state index contributed by atoms with van der Waals surface area (Å²) in [5, 5.41) is 0. The van der Waals surface area contributed by atoms with Gasteiger partial charge < -0.3 is 0 Å². The fraction of sp³-hybridized carbons (Fsp3) is 0.0714.